The van der Waals surface area contributed by atoms with Gasteiger partial charge in [-0.3, -0.25) is 9.59 Å². The molecule has 6 nitrogen and oxygen atoms in total. The van der Waals surface area contributed by atoms with Crippen molar-refractivity contribution in [2.75, 3.05) is 26.4 Å². The van der Waals surface area contributed by atoms with Crippen molar-refractivity contribution in [2.24, 2.45) is 0 Å². The maximum Gasteiger partial charge on any atom is 0.295 e. The molecular formula is C24H27NO5. The number of likely N-dealkylation sites (tertiary alicyclic amines) is 1. The molecule has 0 radical (unpaired) electrons. The zero-order valence-corrected chi connectivity index (χ0v) is 17.2. The fourth-order valence-corrected chi connectivity index (χ4v) is 3.60. The minimum atomic E-state index is -0.712. The van der Waals surface area contributed by atoms with Crippen LogP contribution in [0.3, 0.4) is 0 Å². The van der Waals surface area contributed by atoms with E-state index in [1.807, 2.05) is 30.3 Å². The molecule has 30 heavy (non-hydrogen) atoms. The summed E-state index contributed by atoms with van der Waals surface area (Å²) in [6.45, 7) is 4.57. The smallest absolute Gasteiger partial charge is 0.295 e. The van der Waals surface area contributed by atoms with Crippen LogP contribution in [-0.2, 0) is 14.3 Å². The Hall–Kier alpha value is -2.96. The Morgan fingerprint density at radius 1 is 1.03 bits per heavy atom. The third-order valence-electron chi connectivity index (χ3n) is 5.22. The van der Waals surface area contributed by atoms with Crippen molar-refractivity contribution in [1.29, 1.82) is 0 Å². The van der Waals surface area contributed by atoms with E-state index in [4.69, 9.17) is 9.84 Å². The maximum absolute atomic E-state index is 12.9. The lowest BCUT2D eigenvalue weighted by molar-refractivity contribution is -0.140. The van der Waals surface area contributed by atoms with Gasteiger partial charge in [-0.25, -0.2) is 0 Å². The predicted molar refractivity (Wildman–Crippen MR) is 114 cm³/mol. The molecule has 0 saturated carbocycles. The Labute approximate surface area is 176 Å². The highest BCUT2D eigenvalue weighted by atomic mass is 16.5. The summed E-state index contributed by atoms with van der Waals surface area (Å²) in [5, 5.41) is 19.8. The van der Waals surface area contributed by atoms with Crippen molar-refractivity contribution in [1.82, 2.24) is 4.90 Å². The molecule has 0 aliphatic carbocycles. The van der Waals surface area contributed by atoms with Gasteiger partial charge < -0.3 is 19.8 Å². The summed E-state index contributed by atoms with van der Waals surface area (Å²) in [6, 6.07) is 15.8. The average Bonchev–Trinajstić information content (AvgIpc) is 3.01. The van der Waals surface area contributed by atoms with E-state index < -0.39 is 17.7 Å². The van der Waals surface area contributed by atoms with E-state index in [1.165, 1.54) is 4.90 Å². The number of aliphatic hydroxyl groups excluding tert-OH is 2. The first-order chi connectivity index (χ1) is 14.5. The van der Waals surface area contributed by atoms with Gasteiger partial charge in [0.1, 0.15) is 5.76 Å². The van der Waals surface area contributed by atoms with E-state index in [2.05, 4.69) is 13.8 Å². The van der Waals surface area contributed by atoms with Crippen LogP contribution in [0.1, 0.15) is 42.5 Å². The van der Waals surface area contributed by atoms with Crippen LogP contribution in [0.5, 0.6) is 0 Å². The second-order valence-electron chi connectivity index (χ2n) is 7.52. The average molecular weight is 409 g/mol. The lowest BCUT2D eigenvalue weighted by atomic mass is 9.93. The van der Waals surface area contributed by atoms with Crippen LogP contribution in [0.4, 0.5) is 0 Å². The van der Waals surface area contributed by atoms with Crippen molar-refractivity contribution < 1.29 is 24.5 Å². The molecular weight excluding hydrogens is 382 g/mol. The normalized spacial score (nSPS) is 18.4. The van der Waals surface area contributed by atoms with Gasteiger partial charge in [-0.1, -0.05) is 68.4 Å². The molecule has 1 atom stereocenters. The summed E-state index contributed by atoms with van der Waals surface area (Å²) in [4.78, 5) is 27.1. The van der Waals surface area contributed by atoms with Crippen LogP contribution in [0.15, 0.2) is 60.2 Å². The molecule has 1 aliphatic heterocycles. The molecule has 1 saturated heterocycles. The first kappa shape index (κ1) is 21.7. The van der Waals surface area contributed by atoms with Gasteiger partial charge in [0.15, 0.2) is 0 Å². The summed E-state index contributed by atoms with van der Waals surface area (Å²) < 4.78 is 5.31. The summed E-state index contributed by atoms with van der Waals surface area (Å²) in [5.74, 6) is -1.22. The number of amides is 1. The number of ketones is 1. The molecule has 1 heterocycles. The van der Waals surface area contributed by atoms with Crippen molar-refractivity contribution in [3.8, 4) is 0 Å². The highest BCUT2D eigenvalue weighted by Crippen LogP contribution is 2.39. The molecule has 6 heteroatoms. The number of aliphatic hydroxyl groups is 2. The van der Waals surface area contributed by atoms with Crippen molar-refractivity contribution in [3.05, 3.63) is 76.9 Å². The Bertz CT molecular complexity index is 918. The zero-order chi connectivity index (χ0) is 21.7. The molecule has 1 aliphatic rings. The predicted octanol–water partition coefficient (Wildman–Crippen LogP) is 3.24. The van der Waals surface area contributed by atoms with E-state index in [0.29, 0.717) is 11.5 Å². The molecule has 1 amide bonds. The SMILES string of the molecule is CC(C)c1ccc(C2/C(=C(\O)c3ccccc3)C(=O)C(=O)N2CCOCCO)cc1. The van der Waals surface area contributed by atoms with Gasteiger partial charge in [0.05, 0.1) is 31.4 Å². The number of rotatable bonds is 8. The highest BCUT2D eigenvalue weighted by Gasteiger charge is 2.45. The Morgan fingerprint density at radius 3 is 2.30 bits per heavy atom. The van der Waals surface area contributed by atoms with E-state index in [-0.39, 0.29) is 37.7 Å². The standard InChI is InChI=1S/C24H27NO5/c1-16(2)17-8-10-18(11-9-17)21-20(22(27)19-6-4-3-5-7-19)23(28)24(29)25(21)12-14-30-15-13-26/h3-11,16,21,26-27H,12-15H2,1-2H3/b22-20+. The van der Waals surface area contributed by atoms with Crippen LogP contribution < -0.4 is 0 Å². The third-order valence-corrected chi connectivity index (χ3v) is 5.22. The lowest BCUT2D eigenvalue weighted by Gasteiger charge is -2.25. The Morgan fingerprint density at radius 2 is 1.70 bits per heavy atom. The largest absolute Gasteiger partial charge is 0.507 e. The van der Waals surface area contributed by atoms with Crippen LogP contribution in [0.25, 0.3) is 5.76 Å². The van der Waals surface area contributed by atoms with Gasteiger partial charge in [-0.2, -0.15) is 0 Å². The molecule has 2 N–H and O–H groups in total. The van der Waals surface area contributed by atoms with Crippen LogP contribution in [-0.4, -0.2) is 53.2 Å². The maximum atomic E-state index is 12.9. The minimum absolute atomic E-state index is 0.0747. The van der Waals surface area contributed by atoms with Crippen LogP contribution in [0.2, 0.25) is 0 Å². The van der Waals surface area contributed by atoms with Crippen molar-refractivity contribution in [3.63, 3.8) is 0 Å². The van der Waals surface area contributed by atoms with Crippen molar-refractivity contribution in [2.45, 2.75) is 25.8 Å². The summed E-state index contributed by atoms with van der Waals surface area (Å²) >= 11 is 0. The monoisotopic (exact) mass is 409 g/mol. The second kappa shape index (κ2) is 9.69. The molecule has 0 spiro atoms. The fraction of sp³-hybridized carbons (Fsp3) is 0.333. The number of Topliss-reactive ketones (excluding diaryl/α,β-unsaturated/α-hetero) is 1. The van der Waals surface area contributed by atoms with Crippen LogP contribution in [0, 0.1) is 0 Å². The molecule has 1 unspecified atom stereocenters. The summed E-state index contributed by atoms with van der Waals surface area (Å²) in [6.07, 6.45) is 0. The van der Waals surface area contributed by atoms with Gasteiger partial charge in [-0.05, 0) is 17.0 Å². The van der Waals surface area contributed by atoms with Crippen molar-refractivity contribution >= 4 is 17.4 Å². The van der Waals surface area contributed by atoms with E-state index in [0.717, 1.165) is 11.1 Å². The number of hydrogen-bond donors (Lipinski definition) is 2. The number of ether oxygens (including phenoxy) is 1. The summed E-state index contributed by atoms with van der Waals surface area (Å²) in [5.41, 5.74) is 2.45. The van der Waals surface area contributed by atoms with Crippen LogP contribution >= 0.6 is 0 Å². The topological polar surface area (TPSA) is 87.1 Å². The Balaban J connectivity index is 2.05. The van der Waals surface area contributed by atoms with Gasteiger partial charge in [-0.15, -0.1) is 0 Å². The molecule has 158 valence electrons. The highest BCUT2D eigenvalue weighted by molar-refractivity contribution is 6.46. The van der Waals surface area contributed by atoms with Gasteiger partial charge in [0.2, 0.25) is 0 Å². The first-order valence-corrected chi connectivity index (χ1v) is 10.1. The van der Waals surface area contributed by atoms with E-state index in [1.54, 1.807) is 24.3 Å². The minimum Gasteiger partial charge on any atom is -0.507 e. The number of nitrogens with zero attached hydrogens (tertiary/aromatic N) is 1. The number of carbonyl (C=O) groups excluding carboxylic acids is 2. The van der Waals surface area contributed by atoms with E-state index in [9.17, 15) is 14.7 Å². The zero-order valence-electron chi connectivity index (χ0n) is 17.2. The summed E-state index contributed by atoms with van der Waals surface area (Å²) in [7, 11) is 0. The fourth-order valence-electron chi connectivity index (χ4n) is 3.60. The van der Waals surface area contributed by atoms with Gasteiger partial charge in [0.25, 0.3) is 11.7 Å². The quantitative estimate of drug-likeness (QED) is 0.303. The van der Waals surface area contributed by atoms with Gasteiger partial charge in [0, 0.05) is 12.1 Å². The molecule has 3 rings (SSSR count). The number of carbonyl (C=O) groups is 2. The molecule has 2 aromatic rings. The molecule has 2 aromatic carbocycles. The first-order valence-electron chi connectivity index (χ1n) is 10.1. The number of hydrogen-bond acceptors (Lipinski definition) is 5. The van der Waals surface area contributed by atoms with Gasteiger partial charge >= 0.3 is 0 Å². The Kier molecular flexibility index (Phi) is 7.03. The lowest BCUT2D eigenvalue weighted by Crippen LogP contribution is -2.33. The number of benzene rings is 2. The molecule has 0 aromatic heterocycles. The molecule has 1 fully saturated rings. The molecule has 0 bridgehead atoms. The second-order valence-corrected chi connectivity index (χ2v) is 7.52. The third kappa shape index (κ3) is 4.45. The van der Waals surface area contributed by atoms with E-state index >= 15 is 0 Å².